The summed E-state index contributed by atoms with van der Waals surface area (Å²) in [6.07, 6.45) is 0. The SMILES string of the molecule is O=C1NC2(OCCO2)c2ccccc21. The molecule has 1 spiro atoms. The molecule has 1 N–H and O–H groups in total. The average molecular weight is 191 g/mol. The molecule has 0 unspecified atom stereocenters. The summed E-state index contributed by atoms with van der Waals surface area (Å²) in [5, 5.41) is 2.71. The molecule has 0 saturated carbocycles. The molecule has 2 aliphatic rings. The highest BCUT2D eigenvalue weighted by molar-refractivity contribution is 5.99. The van der Waals surface area contributed by atoms with Crippen LogP contribution in [0.4, 0.5) is 0 Å². The van der Waals surface area contributed by atoms with Crippen LogP contribution < -0.4 is 5.32 Å². The lowest BCUT2D eigenvalue weighted by Gasteiger charge is -2.21. The number of benzene rings is 1. The van der Waals surface area contributed by atoms with Crippen LogP contribution in [0.2, 0.25) is 0 Å². The summed E-state index contributed by atoms with van der Waals surface area (Å²) in [6.45, 7) is 1.02. The van der Waals surface area contributed by atoms with Gasteiger partial charge in [-0.15, -0.1) is 0 Å². The molecule has 4 nitrogen and oxygen atoms in total. The van der Waals surface area contributed by atoms with Crippen LogP contribution in [0.1, 0.15) is 15.9 Å². The van der Waals surface area contributed by atoms with Gasteiger partial charge in [-0.1, -0.05) is 18.2 Å². The van der Waals surface area contributed by atoms with Crippen LogP contribution in [0.25, 0.3) is 0 Å². The molecule has 1 aromatic carbocycles. The number of amides is 1. The zero-order valence-electron chi connectivity index (χ0n) is 7.45. The molecule has 2 heterocycles. The minimum atomic E-state index is -1.01. The van der Waals surface area contributed by atoms with Gasteiger partial charge in [0.2, 0.25) is 0 Å². The fourth-order valence-electron chi connectivity index (χ4n) is 1.89. The van der Waals surface area contributed by atoms with Gasteiger partial charge in [-0.25, -0.2) is 0 Å². The van der Waals surface area contributed by atoms with E-state index in [1.54, 1.807) is 6.07 Å². The second-order valence-corrected chi connectivity index (χ2v) is 3.31. The third kappa shape index (κ3) is 0.867. The average Bonchev–Trinajstić information content (AvgIpc) is 2.77. The Balaban J connectivity index is 2.18. The molecule has 0 atom stereocenters. The lowest BCUT2D eigenvalue weighted by atomic mass is 10.1. The van der Waals surface area contributed by atoms with Gasteiger partial charge in [0.05, 0.1) is 18.8 Å². The lowest BCUT2D eigenvalue weighted by Crippen LogP contribution is -2.40. The van der Waals surface area contributed by atoms with Gasteiger partial charge >= 0.3 is 0 Å². The Labute approximate surface area is 80.8 Å². The third-order valence-corrected chi connectivity index (χ3v) is 2.50. The van der Waals surface area contributed by atoms with Crippen LogP contribution in [-0.4, -0.2) is 19.1 Å². The van der Waals surface area contributed by atoms with Crippen molar-refractivity contribution in [3.05, 3.63) is 35.4 Å². The lowest BCUT2D eigenvalue weighted by molar-refractivity contribution is -0.176. The van der Waals surface area contributed by atoms with Crippen molar-refractivity contribution in [1.82, 2.24) is 5.32 Å². The fourth-order valence-corrected chi connectivity index (χ4v) is 1.89. The second-order valence-electron chi connectivity index (χ2n) is 3.31. The van der Waals surface area contributed by atoms with Crippen molar-refractivity contribution in [2.75, 3.05) is 13.2 Å². The summed E-state index contributed by atoms with van der Waals surface area (Å²) in [4.78, 5) is 11.6. The van der Waals surface area contributed by atoms with Gasteiger partial charge in [0.25, 0.3) is 11.8 Å². The van der Waals surface area contributed by atoms with Gasteiger partial charge in [0.1, 0.15) is 0 Å². The summed E-state index contributed by atoms with van der Waals surface area (Å²) in [5.41, 5.74) is 1.41. The van der Waals surface area contributed by atoms with Crippen molar-refractivity contribution < 1.29 is 14.3 Å². The predicted molar refractivity (Wildman–Crippen MR) is 47.5 cm³/mol. The number of rotatable bonds is 0. The number of nitrogens with one attached hydrogen (secondary N) is 1. The van der Waals surface area contributed by atoms with Gasteiger partial charge in [-0.2, -0.15) is 0 Å². The van der Waals surface area contributed by atoms with E-state index >= 15 is 0 Å². The first-order chi connectivity index (χ1) is 6.82. The van der Waals surface area contributed by atoms with Gasteiger partial charge in [0, 0.05) is 5.56 Å². The number of hydrogen-bond donors (Lipinski definition) is 1. The van der Waals surface area contributed by atoms with E-state index in [4.69, 9.17) is 9.47 Å². The molecular weight excluding hydrogens is 182 g/mol. The first kappa shape index (κ1) is 7.96. The Morgan fingerprint density at radius 3 is 2.71 bits per heavy atom. The van der Waals surface area contributed by atoms with Crippen LogP contribution in [0.3, 0.4) is 0 Å². The van der Waals surface area contributed by atoms with E-state index in [1.807, 2.05) is 18.2 Å². The first-order valence-corrected chi connectivity index (χ1v) is 4.52. The Bertz CT molecular complexity index is 396. The van der Waals surface area contributed by atoms with Crippen LogP contribution in [0.15, 0.2) is 24.3 Å². The predicted octanol–water partition coefficient (Wildman–Crippen LogP) is 0.587. The molecule has 1 amide bonds. The maximum atomic E-state index is 11.6. The van der Waals surface area contributed by atoms with E-state index in [2.05, 4.69) is 5.32 Å². The molecule has 1 aromatic rings. The Kier molecular flexibility index (Phi) is 1.45. The smallest absolute Gasteiger partial charge is 0.281 e. The van der Waals surface area contributed by atoms with Crippen molar-refractivity contribution in [3.8, 4) is 0 Å². The van der Waals surface area contributed by atoms with Crippen LogP contribution in [0.5, 0.6) is 0 Å². The van der Waals surface area contributed by atoms with Gasteiger partial charge in [-0.05, 0) is 6.07 Å². The standard InChI is InChI=1S/C10H9NO3/c12-9-7-3-1-2-4-8(7)10(11-9)13-5-6-14-10/h1-4H,5-6H2,(H,11,12). The molecule has 0 bridgehead atoms. The summed E-state index contributed by atoms with van der Waals surface area (Å²) in [6, 6.07) is 7.31. The van der Waals surface area contributed by atoms with Crippen molar-refractivity contribution in [2.24, 2.45) is 0 Å². The summed E-state index contributed by atoms with van der Waals surface area (Å²) in [5.74, 6) is -1.14. The number of carbonyl (C=O) groups is 1. The summed E-state index contributed by atoms with van der Waals surface area (Å²) in [7, 11) is 0. The number of fused-ring (bicyclic) bond motifs is 2. The maximum absolute atomic E-state index is 11.6. The number of ether oxygens (including phenoxy) is 2. The molecule has 1 fully saturated rings. The molecule has 72 valence electrons. The molecule has 0 aromatic heterocycles. The van der Waals surface area contributed by atoms with Crippen molar-refractivity contribution in [1.29, 1.82) is 0 Å². The van der Waals surface area contributed by atoms with E-state index in [1.165, 1.54) is 0 Å². The normalized spacial score (nSPS) is 22.4. The fraction of sp³-hybridized carbons (Fsp3) is 0.300. The molecule has 0 aliphatic carbocycles. The van der Waals surface area contributed by atoms with Gasteiger partial charge < -0.3 is 9.47 Å². The van der Waals surface area contributed by atoms with Crippen molar-refractivity contribution in [3.63, 3.8) is 0 Å². The topological polar surface area (TPSA) is 47.6 Å². The molecular formula is C10H9NO3. The Morgan fingerprint density at radius 2 is 1.93 bits per heavy atom. The zero-order valence-corrected chi connectivity index (χ0v) is 7.45. The monoisotopic (exact) mass is 191 g/mol. The molecule has 0 radical (unpaired) electrons. The van der Waals surface area contributed by atoms with E-state index in [0.29, 0.717) is 18.8 Å². The largest absolute Gasteiger partial charge is 0.327 e. The highest BCUT2D eigenvalue weighted by atomic mass is 16.8. The van der Waals surface area contributed by atoms with E-state index in [-0.39, 0.29) is 5.91 Å². The Morgan fingerprint density at radius 1 is 1.21 bits per heavy atom. The molecule has 3 rings (SSSR count). The van der Waals surface area contributed by atoms with Crippen LogP contribution in [-0.2, 0) is 15.4 Å². The van der Waals surface area contributed by atoms with Crippen molar-refractivity contribution in [2.45, 2.75) is 5.91 Å². The van der Waals surface area contributed by atoms with Crippen molar-refractivity contribution >= 4 is 5.91 Å². The van der Waals surface area contributed by atoms with Gasteiger partial charge in [0.15, 0.2) is 0 Å². The quantitative estimate of drug-likeness (QED) is 0.652. The minimum absolute atomic E-state index is 0.137. The minimum Gasteiger partial charge on any atom is -0.327 e. The third-order valence-electron chi connectivity index (χ3n) is 2.50. The highest BCUT2D eigenvalue weighted by Gasteiger charge is 2.47. The molecule has 1 saturated heterocycles. The van der Waals surface area contributed by atoms with Crippen LogP contribution in [0, 0.1) is 0 Å². The molecule has 4 heteroatoms. The van der Waals surface area contributed by atoms with Gasteiger partial charge in [-0.3, -0.25) is 10.1 Å². The highest BCUT2D eigenvalue weighted by Crippen LogP contribution is 2.35. The summed E-state index contributed by atoms with van der Waals surface area (Å²) < 4.78 is 10.9. The van der Waals surface area contributed by atoms with E-state index < -0.39 is 5.91 Å². The van der Waals surface area contributed by atoms with E-state index in [0.717, 1.165) is 5.56 Å². The number of hydrogen-bond acceptors (Lipinski definition) is 3. The first-order valence-electron chi connectivity index (χ1n) is 4.52. The number of carbonyl (C=O) groups excluding carboxylic acids is 1. The second kappa shape index (κ2) is 2.56. The molecule has 2 aliphatic heterocycles. The zero-order chi connectivity index (χ0) is 9.60. The maximum Gasteiger partial charge on any atom is 0.281 e. The molecule has 14 heavy (non-hydrogen) atoms. The van der Waals surface area contributed by atoms with E-state index in [9.17, 15) is 4.79 Å². The van der Waals surface area contributed by atoms with Crippen LogP contribution >= 0.6 is 0 Å². The summed E-state index contributed by atoms with van der Waals surface area (Å²) >= 11 is 0. The Hall–Kier alpha value is -1.39.